The fourth-order valence-electron chi connectivity index (χ4n) is 6.19. The number of hydrogen-bond donors (Lipinski definition) is 7. The van der Waals surface area contributed by atoms with Gasteiger partial charge >= 0.3 is 0 Å². The molecule has 0 spiro atoms. The lowest BCUT2D eigenvalue weighted by Crippen LogP contribution is -2.60. The standard InChI is InChI=1S/C36H73NO9S/c1-3-5-7-9-11-13-15-16-17-19-21-23-25-30(39)32(40)29(28-45-36-35(43)34(42)33(41)31(27-38)46-36)37-47(44)26-24-22-20-18-14-12-10-8-6-4-2/h29-43H,3-28H2,1-2H3/t29-,30+,31?,32-,33-,34-,35?,36-,47?/m0/s1. The van der Waals surface area contributed by atoms with Crippen LogP contribution >= 0.6 is 0 Å². The van der Waals surface area contributed by atoms with Crippen molar-refractivity contribution in [1.29, 1.82) is 0 Å². The van der Waals surface area contributed by atoms with E-state index in [1.807, 2.05) is 0 Å². The predicted octanol–water partition coefficient (Wildman–Crippen LogP) is 5.16. The van der Waals surface area contributed by atoms with Crippen LogP contribution in [0.2, 0.25) is 0 Å². The highest BCUT2D eigenvalue weighted by Crippen LogP contribution is 2.23. The topological polar surface area (TPSA) is 169 Å². The molecule has 1 heterocycles. The van der Waals surface area contributed by atoms with Crippen LogP contribution in [0.1, 0.15) is 162 Å². The van der Waals surface area contributed by atoms with Crippen molar-refractivity contribution in [3.8, 4) is 0 Å². The second-order valence-electron chi connectivity index (χ2n) is 13.7. The van der Waals surface area contributed by atoms with E-state index in [1.54, 1.807) is 0 Å². The number of aliphatic hydroxyl groups excluding tert-OH is 6. The fourth-order valence-corrected chi connectivity index (χ4v) is 7.32. The minimum Gasteiger partial charge on any atom is -0.394 e. The monoisotopic (exact) mass is 696 g/mol. The molecule has 0 aromatic rings. The van der Waals surface area contributed by atoms with E-state index in [0.29, 0.717) is 12.2 Å². The van der Waals surface area contributed by atoms with Crippen LogP contribution in [-0.4, -0.2) is 103 Å². The average molecular weight is 696 g/mol. The van der Waals surface area contributed by atoms with Gasteiger partial charge in [-0.05, 0) is 12.8 Å². The Hall–Kier alpha value is -0.210. The van der Waals surface area contributed by atoms with Crippen molar-refractivity contribution < 1.29 is 44.3 Å². The molecule has 3 unspecified atom stereocenters. The van der Waals surface area contributed by atoms with Gasteiger partial charge < -0.3 is 40.1 Å². The van der Waals surface area contributed by atoms with Crippen molar-refractivity contribution in [3.05, 3.63) is 0 Å². The van der Waals surface area contributed by atoms with Crippen molar-refractivity contribution in [2.75, 3.05) is 19.0 Å². The summed E-state index contributed by atoms with van der Waals surface area (Å²) in [6.45, 7) is 3.59. The number of ether oxygens (including phenoxy) is 2. The molecule has 0 radical (unpaired) electrons. The number of nitrogens with one attached hydrogen (secondary N) is 1. The van der Waals surface area contributed by atoms with Crippen molar-refractivity contribution in [3.63, 3.8) is 0 Å². The van der Waals surface area contributed by atoms with Gasteiger partial charge in [0.1, 0.15) is 24.4 Å². The third-order valence-electron chi connectivity index (χ3n) is 9.41. The Kier molecular flexibility index (Phi) is 28.1. The van der Waals surface area contributed by atoms with E-state index < -0.39 is 66.5 Å². The summed E-state index contributed by atoms with van der Waals surface area (Å²) >= 11 is 0. The number of aliphatic hydroxyl groups is 6. The summed E-state index contributed by atoms with van der Waals surface area (Å²) in [6, 6.07) is -0.932. The fraction of sp³-hybridized carbons (Fsp3) is 1.00. The molecule has 0 aromatic heterocycles. The third-order valence-corrected chi connectivity index (χ3v) is 10.6. The van der Waals surface area contributed by atoms with Gasteiger partial charge in [0.05, 0.1) is 42.4 Å². The predicted molar refractivity (Wildman–Crippen MR) is 189 cm³/mol. The molecule has 10 nitrogen and oxygen atoms in total. The van der Waals surface area contributed by atoms with Gasteiger partial charge in [-0.15, -0.1) is 0 Å². The minimum absolute atomic E-state index is 0.275. The zero-order chi connectivity index (χ0) is 34.7. The lowest BCUT2D eigenvalue weighted by atomic mass is 9.99. The Morgan fingerprint density at radius 3 is 1.57 bits per heavy atom. The summed E-state index contributed by atoms with van der Waals surface area (Å²) in [5, 5.41) is 61.9. The SMILES string of the molecule is CCCCCCCCCCCCCC[C@@H](O)[C@@H](O)[C@H](CO[C@H]1OC(CO)[C@H](O)[C@H](O)C1O)NS(=O)CCCCCCCCCCCC. The van der Waals surface area contributed by atoms with Crippen LogP contribution in [-0.2, 0) is 20.5 Å². The highest BCUT2D eigenvalue weighted by atomic mass is 32.2. The van der Waals surface area contributed by atoms with E-state index in [1.165, 1.54) is 103 Å². The van der Waals surface area contributed by atoms with Crippen molar-refractivity contribution in [2.45, 2.75) is 210 Å². The minimum atomic E-state index is -1.59. The molecule has 1 rings (SSSR count). The van der Waals surface area contributed by atoms with Gasteiger partial charge in [0, 0.05) is 5.75 Å². The smallest absolute Gasteiger partial charge is 0.186 e. The number of rotatable bonds is 32. The van der Waals surface area contributed by atoms with Crippen LogP contribution in [0.3, 0.4) is 0 Å². The van der Waals surface area contributed by atoms with Gasteiger partial charge in [0.2, 0.25) is 0 Å². The molecule has 1 fully saturated rings. The van der Waals surface area contributed by atoms with Gasteiger partial charge in [-0.2, -0.15) is 0 Å². The lowest BCUT2D eigenvalue weighted by molar-refractivity contribution is -0.303. The molecule has 47 heavy (non-hydrogen) atoms. The molecule has 1 aliphatic rings. The maximum atomic E-state index is 13.0. The molecule has 0 aromatic carbocycles. The summed E-state index contributed by atoms with van der Waals surface area (Å²) in [5.74, 6) is 0.397. The molecule has 9 atom stereocenters. The molecular formula is C36H73NO9S. The van der Waals surface area contributed by atoms with Crippen LogP contribution in [0.5, 0.6) is 0 Å². The molecule has 0 amide bonds. The van der Waals surface area contributed by atoms with Crippen molar-refractivity contribution in [1.82, 2.24) is 4.72 Å². The van der Waals surface area contributed by atoms with E-state index in [-0.39, 0.29) is 6.61 Å². The van der Waals surface area contributed by atoms with Gasteiger partial charge in [0.15, 0.2) is 6.29 Å². The molecular weight excluding hydrogens is 622 g/mol. The first-order valence-electron chi connectivity index (χ1n) is 19.2. The first kappa shape index (κ1) is 44.8. The quantitative estimate of drug-likeness (QED) is 0.0470. The average Bonchev–Trinajstić information content (AvgIpc) is 3.07. The van der Waals surface area contributed by atoms with Crippen LogP contribution in [0.4, 0.5) is 0 Å². The summed E-state index contributed by atoms with van der Waals surface area (Å²) in [5.41, 5.74) is 0. The molecule has 0 saturated carbocycles. The number of hydrogen-bond acceptors (Lipinski definition) is 9. The molecule has 0 bridgehead atoms. The van der Waals surface area contributed by atoms with Crippen LogP contribution < -0.4 is 4.72 Å². The summed E-state index contributed by atoms with van der Waals surface area (Å²) < 4.78 is 27.0. The van der Waals surface area contributed by atoms with Crippen LogP contribution in [0.15, 0.2) is 0 Å². The zero-order valence-electron chi connectivity index (χ0n) is 29.8. The Labute approximate surface area is 289 Å². The number of unbranched alkanes of at least 4 members (excludes halogenated alkanes) is 20. The summed E-state index contributed by atoms with van der Waals surface area (Å²) in [6.07, 6.45) is 16.9. The summed E-state index contributed by atoms with van der Waals surface area (Å²) in [4.78, 5) is 0. The normalized spacial score (nSPS) is 24.3. The van der Waals surface area contributed by atoms with E-state index in [9.17, 15) is 34.8 Å². The first-order valence-corrected chi connectivity index (χ1v) is 20.5. The molecule has 1 saturated heterocycles. The second-order valence-corrected chi connectivity index (χ2v) is 15.1. The first-order chi connectivity index (χ1) is 22.8. The van der Waals surface area contributed by atoms with Crippen molar-refractivity contribution >= 4 is 11.0 Å². The lowest BCUT2D eigenvalue weighted by Gasteiger charge is -2.40. The molecule has 0 aliphatic carbocycles. The Morgan fingerprint density at radius 2 is 1.11 bits per heavy atom. The molecule has 1 aliphatic heterocycles. The highest BCUT2D eigenvalue weighted by Gasteiger charge is 2.44. The second kappa shape index (κ2) is 29.5. The van der Waals surface area contributed by atoms with Crippen LogP contribution in [0.25, 0.3) is 0 Å². The maximum absolute atomic E-state index is 13.0. The van der Waals surface area contributed by atoms with Gasteiger partial charge in [-0.3, -0.25) is 0 Å². The van der Waals surface area contributed by atoms with Gasteiger partial charge in [0.25, 0.3) is 0 Å². The Bertz CT molecular complexity index is 735. The Balaban J connectivity index is 2.50. The maximum Gasteiger partial charge on any atom is 0.186 e. The van der Waals surface area contributed by atoms with Gasteiger partial charge in [-0.25, -0.2) is 8.93 Å². The largest absolute Gasteiger partial charge is 0.394 e. The summed E-state index contributed by atoms with van der Waals surface area (Å²) in [7, 11) is -1.49. The van der Waals surface area contributed by atoms with E-state index in [0.717, 1.165) is 38.5 Å². The molecule has 282 valence electrons. The molecule has 11 heteroatoms. The molecule has 7 N–H and O–H groups in total. The van der Waals surface area contributed by atoms with Crippen molar-refractivity contribution in [2.24, 2.45) is 0 Å². The Morgan fingerprint density at radius 1 is 0.660 bits per heavy atom. The van der Waals surface area contributed by atoms with Crippen LogP contribution in [0, 0.1) is 0 Å². The van der Waals surface area contributed by atoms with E-state index in [2.05, 4.69) is 18.6 Å². The highest BCUT2D eigenvalue weighted by molar-refractivity contribution is 7.83. The zero-order valence-corrected chi connectivity index (χ0v) is 30.6. The van der Waals surface area contributed by atoms with E-state index >= 15 is 0 Å². The van der Waals surface area contributed by atoms with Gasteiger partial charge in [-0.1, -0.05) is 149 Å². The van der Waals surface area contributed by atoms with E-state index in [4.69, 9.17) is 9.47 Å². The third kappa shape index (κ3) is 20.9.